The van der Waals surface area contributed by atoms with E-state index in [1.165, 1.54) is 7.11 Å². The number of phenolic OH excluding ortho intramolecular Hbond substituents is 1. The average Bonchev–Trinajstić information content (AvgIpc) is 2.28. The number of ether oxygens (including phenoxy) is 1. The summed E-state index contributed by atoms with van der Waals surface area (Å²) < 4.78 is 5.97. The van der Waals surface area contributed by atoms with Gasteiger partial charge in [0.1, 0.15) is 0 Å². The molecule has 4 heteroatoms. The van der Waals surface area contributed by atoms with E-state index in [1.807, 2.05) is 6.07 Å². The molecule has 0 aliphatic rings. The van der Waals surface area contributed by atoms with Crippen LogP contribution in [0, 0.1) is 5.92 Å². The van der Waals surface area contributed by atoms with E-state index in [-0.39, 0.29) is 11.8 Å². The van der Waals surface area contributed by atoms with E-state index in [9.17, 15) is 5.11 Å². The van der Waals surface area contributed by atoms with Gasteiger partial charge in [-0.05, 0) is 30.9 Å². The van der Waals surface area contributed by atoms with Crippen molar-refractivity contribution in [3.8, 4) is 11.5 Å². The first kappa shape index (κ1) is 14.3. The molecule has 17 heavy (non-hydrogen) atoms. The fraction of sp³-hybridized carbons (Fsp3) is 0.538. The summed E-state index contributed by atoms with van der Waals surface area (Å²) in [5, 5.41) is 10.0. The molecule has 0 amide bonds. The van der Waals surface area contributed by atoms with Gasteiger partial charge in [-0.15, -0.1) is 0 Å². The Kier molecular flexibility index (Phi) is 5.28. The molecule has 0 saturated heterocycles. The smallest absolute Gasteiger partial charge is 0.162 e. The van der Waals surface area contributed by atoms with Crippen molar-refractivity contribution < 1.29 is 9.84 Å². The molecule has 0 heterocycles. The standard InChI is InChI=1S/C13H20BrNO2/c1-8(2)4-5-11(15)10-6-9(14)7-12(17-3)13(10)16/h6-8,11,16H,4-5,15H2,1-3H3/t11-/m0/s1. The second-order valence-corrected chi connectivity index (χ2v) is 5.54. The highest BCUT2D eigenvalue weighted by Crippen LogP contribution is 2.37. The van der Waals surface area contributed by atoms with Crippen LogP contribution in [0.25, 0.3) is 0 Å². The first-order chi connectivity index (χ1) is 7.95. The molecule has 0 spiro atoms. The van der Waals surface area contributed by atoms with Gasteiger partial charge < -0.3 is 15.6 Å². The van der Waals surface area contributed by atoms with Gasteiger partial charge >= 0.3 is 0 Å². The first-order valence-corrected chi connectivity index (χ1v) is 6.57. The number of methoxy groups -OCH3 is 1. The van der Waals surface area contributed by atoms with E-state index in [1.54, 1.807) is 6.07 Å². The largest absolute Gasteiger partial charge is 0.504 e. The monoisotopic (exact) mass is 301 g/mol. The van der Waals surface area contributed by atoms with Crippen LogP contribution in [-0.4, -0.2) is 12.2 Å². The number of hydrogen-bond donors (Lipinski definition) is 2. The van der Waals surface area contributed by atoms with Crippen molar-refractivity contribution in [1.82, 2.24) is 0 Å². The minimum absolute atomic E-state index is 0.145. The molecule has 1 aromatic rings. The minimum Gasteiger partial charge on any atom is -0.504 e. The third-order valence-corrected chi connectivity index (χ3v) is 3.20. The van der Waals surface area contributed by atoms with Crippen LogP contribution in [0.15, 0.2) is 16.6 Å². The maximum atomic E-state index is 10.0. The molecule has 0 aromatic heterocycles. The van der Waals surface area contributed by atoms with Crippen LogP contribution in [0.4, 0.5) is 0 Å². The van der Waals surface area contributed by atoms with Crippen molar-refractivity contribution >= 4 is 15.9 Å². The zero-order valence-electron chi connectivity index (χ0n) is 10.5. The minimum atomic E-state index is -0.163. The molecule has 3 N–H and O–H groups in total. The summed E-state index contributed by atoms with van der Waals surface area (Å²) in [6.45, 7) is 4.32. The lowest BCUT2D eigenvalue weighted by molar-refractivity contribution is 0.366. The molecule has 0 saturated carbocycles. The third kappa shape index (κ3) is 3.89. The topological polar surface area (TPSA) is 55.5 Å². The van der Waals surface area contributed by atoms with Crippen LogP contribution >= 0.6 is 15.9 Å². The van der Waals surface area contributed by atoms with Crippen molar-refractivity contribution in [2.45, 2.75) is 32.7 Å². The van der Waals surface area contributed by atoms with E-state index in [0.29, 0.717) is 11.7 Å². The third-order valence-electron chi connectivity index (χ3n) is 2.74. The summed E-state index contributed by atoms with van der Waals surface area (Å²) in [5.41, 5.74) is 6.83. The Labute approximate surface area is 111 Å². The number of hydrogen-bond acceptors (Lipinski definition) is 3. The fourth-order valence-corrected chi connectivity index (χ4v) is 2.16. The maximum absolute atomic E-state index is 10.0. The molecular formula is C13H20BrNO2. The lowest BCUT2D eigenvalue weighted by Crippen LogP contribution is -2.11. The van der Waals surface area contributed by atoms with Gasteiger partial charge in [-0.3, -0.25) is 0 Å². The Morgan fingerprint density at radius 3 is 2.53 bits per heavy atom. The van der Waals surface area contributed by atoms with Crippen LogP contribution in [0.2, 0.25) is 0 Å². The van der Waals surface area contributed by atoms with Crippen LogP contribution in [0.3, 0.4) is 0 Å². The summed E-state index contributed by atoms with van der Waals surface area (Å²) in [6, 6.07) is 3.42. The Morgan fingerprint density at radius 2 is 2.00 bits per heavy atom. The molecule has 0 unspecified atom stereocenters. The van der Waals surface area contributed by atoms with Gasteiger partial charge in [0.15, 0.2) is 11.5 Å². The van der Waals surface area contributed by atoms with Crippen molar-refractivity contribution in [3.63, 3.8) is 0 Å². The lowest BCUT2D eigenvalue weighted by Gasteiger charge is -2.17. The van der Waals surface area contributed by atoms with E-state index < -0.39 is 0 Å². The van der Waals surface area contributed by atoms with E-state index >= 15 is 0 Å². The van der Waals surface area contributed by atoms with Gasteiger partial charge in [-0.1, -0.05) is 29.8 Å². The van der Waals surface area contributed by atoms with Gasteiger partial charge in [0, 0.05) is 16.1 Å². The lowest BCUT2D eigenvalue weighted by atomic mass is 9.97. The predicted molar refractivity (Wildman–Crippen MR) is 73.4 cm³/mol. The van der Waals surface area contributed by atoms with Crippen LogP contribution in [-0.2, 0) is 0 Å². The SMILES string of the molecule is COc1cc(Br)cc([C@@H](N)CCC(C)C)c1O. The van der Waals surface area contributed by atoms with E-state index in [4.69, 9.17) is 10.5 Å². The van der Waals surface area contributed by atoms with Crippen LogP contribution < -0.4 is 10.5 Å². The van der Waals surface area contributed by atoms with Gasteiger partial charge in [0.25, 0.3) is 0 Å². The normalized spacial score (nSPS) is 12.8. The summed E-state index contributed by atoms with van der Waals surface area (Å²) in [7, 11) is 1.53. The number of halogens is 1. The highest BCUT2D eigenvalue weighted by molar-refractivity contribution is 9.10. The Morgan fingerprint density at radius 1 is 1.35 bits per heavy atom. The van der Waals surface area contributed by atoms with Crippen molar-refractivity contribution in [2.75, 3.05) is 7.11 Å². The van der Waals surface area contributed by atoms with Gasteiger partial charge in [-0.25, -0.2) is 0 Å². The molecular weight excluding hydrogens is 282 g/mol. The quantitative estimate of drug-likeness (QED) is 0.873. The first-order valence-electron chi connectivity index (χ1n) is 5.77. The number of benzene rings is 1. The molecule has 0 fully saturated rings. The molecule has 0 aliphatic carbocycles. The second kappa shape index (κ2) is 6.26. The van der Waals surface area contributed by atoms with Gasteiger partial charge in [-0.2, -0.15) is 0 Å². The summed E-state index contributed by atoms with van der Waals surface area (Å²) in [5.74, 6) is 1.21. The molecule has 96 valence electrons. The Balaban J connectivity index is 2.92. The van der Waals surface area contributed by atoms with Crippen molar-refractivity contribution in [1.29, 1.82) is 0 Å². The molecule has 0 aliphatic heterocycles. The molecule has 0 bridgehead atoms. The predicted octanol–water partition coefficient (Wildman–Crippen LogP) is 3.60. The van der Waals surface area contributed by atoms with Gasteiger partial charge in [0.05, 0.1) is 7.11 Å². The number of aromatic hydroxyl groups is 1. The average molecular weight is 302 g/mol. The summed E-state index contributed by atoms with van der Waals surface area (Å²) in [4.78, 5) is 0. The Bertz CT molecular complexity index is 380. The molecule has 1 aromatic carbocycles. The summed E-state index contributed by atoms with van der Waals surface area (Å²) >= 11 is 3.39. The van der Waals surface area contributed by atoms with Crippen LogP contribution in [0.5, 0.6) is 11.5 Å². The second-order valence-electron chi connectivity index (χ2n) is 4.62. The zero-order valence-corrected chi connectivity index (χ0v) is 12.1. The highest BCUT2D eigenvalue weighted by atomic mass is 79.9. The molecule has 3 nitrogen and oxygen atoms in total. The zero-order chi connectivity index (χ0) is 13.0. The van der Waals surface area contributed by atoms with Crippen molar-refractivity contribution in [2.24, 2.45) is 11.7 Å². The highest BCUT2D eigenvalue weighted by Gasteiger charge is 2.16. The summed E-state index contributed by atoms with van der Waals surface area (Å²) in [6.07, 6.45) is 1.89. The maximum Gasteiger partial charge on any atom is 0.162 e. The molecule has 0 radical (unpaired) electrons. The Hall–Kier alpha value is -0.740. The fourth-order valence-electron chi connectivity index (χ4n) is 1.70. The van der Waals surface area contributed by atoms with E-state index in [0.717, 1.165) is 22.9 Å². The number of rotatable bonds is 5. The van der Waals surface area contributed by atoms with Crippen LogP contribution in [0.1, 0.15) is 38.3 Å². The number of phenols is 1. The van der Waals surface area contributed by atoms with Gasteiger partial charge in [0.2, 0.25) is 0 Å². The molecule has 1 atom stereocenters. The molecule has 1 rings (SSSR count). The van der Waals surface area contributed by atoms with E-state index in [2.05, 4.69) is 29.8 Å². The number of nitrogens with two attached hydrogens (primary N) is 1. The van der Waals surface area contributed by atoms with Crippen molar-refractivity contribution in [3.05, 3.63) is 22.2 Å².